The van der Waals surface area contributed by atoms with E-state index in [1.807, 2.05) is 0 Å². The summed E-state index contributed by atoms with van der Waals surface area (Å²) < 4.78 is 0. The lowest BCUT2D eigenvalue weighted by Gasteiger charge is -2.27. The number of aryl methyl sites for hydroxylation is 1. The third-order valence-electron chi connectivity index (χ3n) is 6.75. The molecule has 0 radical (unpaired) electrons. The second-order valence-electron chi connectivity index (χ2n) is 9.83. The number of hydrogen-bond donors (Lipinski definition) is 0. The van der Waals surface area contributed by atoms with Crippen LogP contribution < -0.4 is 0 Å². The van der Waals surface area contributed by atoms with Gasteiger partial charge >= 0.3 is 0 Å². The Kier molecular flexibility index (Phi) is 8.23. The van der Waals surface area contributed by atoms with Crippen LogP contribution in [0.25, 0.3) is 11.3 Å². The number of aromatic nitrogens is 2. The Bertz CT molecular complexity index is 1100. The number of unbranched alkanes of at least 4 members (excludes halogenated alkanes) is 2. The molecule has 0 saturated carbocycles. The van der Waals surface area contributed by atoms with E-state index in [-0.39, 0.29) is 5.92 Å². The SMILES string of the molecule is CCCC(=O)Cc1ccc(C2Cc3cnc(CCCCCN(C)C)nc3-c3ccccc32)cc1. The second-order valence-corrected chi connectivity index (χ2v) is 9.83. The molecular formula is C30H37N3O. The molecule has 1 aliphatic rings. The Labute approximate surface area is 204 Å². The van der Waals surface area contributed by atoms with Gasteiger partial charge in [0.25, 0.3) is 0 Å². The topological polar surface area (TPSA) is 46.1 Å². The van der Waals surface area contributed by atoms with Crippen LogP contribution in [0.5, 0.6) is 0 Å². The zero-order valence-electron chi connectivity index (χ0n) is 20.9. The van der Waals surface area contributed by atoms with E-state index < -0.39 is 0 Å². The van der Waals surface area contributed by atoms with Gasteiger partial charge in [-0.3, -0.25) is 4.79 Å². The molecule has 4 nitrogen and oxygen atoms in total. The molecule has 3 aromatic rings. The first-order valence-corrected chi connectivity index (χ1v) is 12.7. The largest absolute Gasteiger partial charge is 0.309 e. The Balaban J connectivity index is 1.50. The van der Waals surface area contributed by atoms with E-state index in [4.69, 9.17) is 9.97 Å². The molecule has 0 spiro atoms. The zero-order chi connectivity index (χ0) is 23.9. The van der Waals surface area contributed by atoms with E-state index in [1.165, 1.54) is 35.1 Å². The van der Waals surface area contributed by atoms with Gasteiger partial charge in [0.15, 0.2) is 0 Å². The van der Waals surface area contributed by atoms with E-state index in [0.717, 1.165) is 49.3 Å². The van der Waals surface area contributed by atoms with Gasteiger partial charge in [-0.15, -0.1) is 0 Å². The number of benzene rings is 2. The third kappa shape index (κ3) is 5.98. The van der Waals surface area contributed by atoms with Crippen LogP contribution in [0.2, 0.25) is 0 Å². The number of fused-ring (bicyclic) bond motifs is 3. The number of hydrogen-bond acceptors (Lipinski definition) is 4. The van der Waals surface area contributed by atoms with Crippen molar-refractivity contribution in [2.75, 3.05) is 20.6 Å². The molecule has 0 amide bonds. The summed E-state index contributed by atoms with van der Waals surface area (Å²) in [5.74, 6) is 1.56. The van der Waals surface area contributed by atoms with Crippen molar-refractivity contribution in [3.05, 3.63) is 82.8 Å². The molecule has 1 aromatic heterocycles. The van der Waals surface area contributed by atoms with E-state index in [0.29, 0.717) is 18.6 Å². The molecule has 0 fully saturated rings. The minimum atomic E-state index is 0.282. The van der Waals surface area contributed by atoms with E-state index in [9.17, 15) is 4.79 Å². The van der Waals surface area contributed by atoms with Gasteiger partial charge in [0.1, 0.15) is 11.6 Å². The van der Waals surface area contributed by atoms with Crippen LogP contribution in [0.3, 0.4) is 0 Å². The van der Waals surface area contributed by atoms with Crippen molar-refractivity contribution in [1.82, 2.24) is 14.9 Å². The lowest BCUT2D eigenvalue weighted by molar-refractivity contribution is -0.118. The normalized spacial score (nSPS) is 14.6. The molecule has 4 heteroatoms. The Hall–Kier alpha value is -2.85. The van der Waals surface area contributed by atoms with Crippen molar-refractivity contribution in [1.29, 1.82) is 0 Å². The maximum absolute atomic E-state index is 12.0. The first kappa shape index (κ1) is 24.3. The summed E-state index contributed by atoms with van der Waals surface area (Å²) in [6, 6.07) is 17.3. The van der Waals surface area contributed by atoms with Crippen molar-refractivity contribution in [3.8, 4) is 11.3 Å². The molecule has 1 unspecified atom stereocenters. The first-order valence-electron chi connectivity index (χ1n) is 12.7. The molecule has 0 bridgehead atoms. The molecular weight excluding hydrogens is 418 g/mol. The molecule has 4 rings (SSSR count). The number of rotatable bonds is 11. The lowest BCUT2D eigenvalue weighted by atomic mass is 9.77. The van der Waals surface area contributed by atoms with Gasteiger partial charge in [-0.05, 0) is 68.6 Å². The van der Waals surface area contributed by atoms with Crippen molar-refractivity contribution in [2.45, 2.75) is 64.2 Å². The fourth-order valence-electron chi connectivity index (χ4n) is 4.94. The lowest BCUT2D eigenvalue weighted by Crippen LogP contribution is -2.15. The quantitative estimate of drug-likeness (QED) is 0.332. The van der Waals surface area contributed by atoms with Crippen molar-refractivity contribution < 1.29 is 4.79 Å². The fraction of sp³-hybridized carbons (Fsp3) is 0.433. The average Bonchev–Trinajstić information content (AvgIpc) is 2.84. The molecule has 2 aromatic carbocycles. The fourth-order valence-corrected chi connectivity index (χ4v) is 4.94. The summed E-state index contributed by atoms with van der Waals surface area (Å²) in [6.45, 7) is 3.19. The predicted molar refractivity (Wildman–Crippen MR) is 139 cm³/mol. The Morgan fingerprint density at radius 1 is 1.03 bits per heavy atom. The average molecular weight is 456 g/mol. The maximum atomic E-state index is 12.0. The minimum absolute atomic E-state index is 0.282. The third-order valence-corrected chi connectivity index (χ3v) is 6.75. The van der Waals surface area contributed by atoms with E-state index in [2.05, 4.69) is 80.6 Å². The maximum Gasteiger partial charge on any atom is 0.137 e. The Morgan fingerprint density at radius 2 is 1.82 bits per heavy atom. The number of ketones is 1. The number of carbonyl (C=O) groups excluding carboxylic acids is 1. The van der Waals surface area contributed by atoms with Crippen molar-refractivity contribution in [2.24, 2.45) is 0 Å². The van der Waals surface area contributed by atoms with Gasteiger partial charge < -0.3 is 4.90 Å². The monoisotopic (exact) mass is 455 g/mol. The highest BCUT2D eigenvalue weighted by atomic mass is 16.1. The molecule has 0 aliphatic heterocycles. The summed E-state index contributed by atoms with van der Waals surface area (Å²) in [4.78, 5) is 24.0. The summed E-state index contributed by atoms with van der Waals surface area (Å²) in [5, 5.41) is 0. The molecule has 0 saturated heterocycles. The molecule has 0 N–H and O–H groups in total. The number of carbonyl (C=O) groups is 1. The van der Waals surface area contributed by atoms with Crippen LogP contribution in [0.15, 0.2) is 54.7 Å². The van der Waals surface area contributed by atoms with Gasteiger partial charge in [0.2, 0.25) is 0 Å². The first-order chi connectivity index (χ1) is 16.5. The van der Waals surface area contributed by atoms with Gasteiger partial charge in [0.05, 0.1) is 5.69 Å². The summed E-state index contributed by atoms with van der Waals surface area (Å²) >= 11 is 0. The highest BCUT2D eigenvalue weighted by Gasteiger charge is 2.27. The van der Waals surface area contributed by atoms with Crippen LogP contribution >= 0.6 is 0 Å². The van der Waals surface area contributed by atoms with Gasteiger partial charge in [-0.2, -0.15) is 0 Å². The van der Waals surface area contributed by atoms with Crippen molar-refractivity contribution in [3.63, 3.8) is 0 Å². The molecule has 34 heavy (non-hydrogen) atoms. The second kappa shape index (κ2) is 11.5. The summed E-state index contributed by atoms with van der Waals surface area (Å²) in [6.07, 6.45) is 9.55. The van der Waals surface area contributed by atoms with Gasteiger partial charge in [0, 0.05) is 36.9 Å². The van der Waals surface area contributed by atoms with Gasteiger partial charge in [-0.1, -0.05) is 61.9 Å². The minimum Gasteiger partial charge on any atom is -0.309 e. The van der Waals surface area contributed by atoms with Crippen LogP contribution in [0.4, 0.5) is 0 Å². The van der Waals surface area contributed by atoms with E-state index in [1.54, 1.807) is 0 Å². The summed E-state index contributed by atoms with van der Waals surface area (Å²) in [5.41, 5.74) is 7.28. The number of Topliss-reactive ketones (excluding diaryl/α,β-unsaturated/α-hetero) is 1. The highest BCUT2D eigenvalue weighted by molar-refractivity contribution is 5.80. The van der Waals surface area contributed by atoms with Crippen molar-refractivity contribution >= 4 is 5.78 Å². The standard InChI is InChI=1S/C30H37N3O/c1-4-10-25(34)19-22-14-16-23(17-15-22)28-20-24-21-31-29(13-6-5-9-18-33(2)3)32-30(24)27-12-8-7-11-26(27)28/h7-8,11-12,14-17,21,28H,4-6,9-10,13,18-20H2,1-3H3. The summed E-state index contributed by atoms with van der Waals surface area (Å²) in [7, 11) is 4.25. The van der Waals surface area contributed by atoms with Crippen LogP contribution in [0, 0.1) is 0 Å². The molecule has 1 aliphatic carbocycles. The van der Waals surface area contributed by atoms with E-state index >= 15 is 0 Å². The predicted octanol–water partition coefficient (Wildman–Crippen LogP) is 6.02. The van der Waals surface area contributed by atoms with Crippen LogP contribution in [0.1, 0.15) is 73.0 Å². The Morgan fingerprint density at radius 3 is 2.59 bits per heavy atom. The molecule has 1 atom stereocenters. The number of nitrogens with zero attached hydrogens (tertiary/aromatic N) is 3. The highest BCUT2D eigenvalue weighted by Crippen LogP contribution is 2.41. The molecule has 178 valence electrons. The zero-order valence-corrected chi connectivity index (χ0v) is 20.9. The van der Waals surface area contributed by atoms with Crippen LogP contribution in [-0.2, 0) is 24.1 Å². The van der Waals surface area contributed by atoms with Crippen LogP contribution in [-0.4, -0.2) is 41.3 Å². The smallest absolute Gasteiger partial charge is 0.137 e. The van der Waals surface area contributed by atoms with Gasteiger partial charge in [-0.25, -0.2) is 9.97 Å². The molecule has 1 heterocycles.